The number of carbonyl (C=O) groups excluding carboxylic acids is 1. The molecule has 0 radical (unpaired) electrons. The first kappa shape index (κ1) is 10.8. The number of nitrogens with one attached hydrogen (secondary N) is 1. The maximum absolute atomic E-state index is 11.7. The summed E-state index contributed by atoms with van der Waals surface area (Å²) in [7, 11) is 0. The first-order chi connectivity index (χ1) is 7.09. The van der Waals surface area contributed by atoms with E-state index in [-0.39, 0.29) is 5.91 Å². The van der Waals surface area contributed by atoms with E-state index in [4.69, 9.17) is 23.2 Å². The van der Waals surface area contributed by atoms with Crippen molar-refractivity contribution in [2.45, 2.75) is 25.8 Å². The molecule has 0 aliphatic heterocycles. The van der Waals surface area contributed by atoms with Gasteiger partial charge in [0.1, 0.15) is 0 Å². The van der Waals surface area contributed by atoms with Crippen LogP contribution in [0.3, 0.4) is 0 Å². The number of aryl methyl sites for hydroxylation is 1. The molecule has 1 aliphatic carbocycles. The average Bonchev–Trinajstić information content (AvgIpc) is 2.98. The van der Waals surface area contributed by atoms with Gasteiger partial charge >= 0.3 is 0 Å². The molecule has 1 amide bonds. The van der Waals surface area contributed by atoms with Crippen molar-refractivity contribution in [3.63, 3.8) is 0 Å². The molecule has 0 heterocycles. The molecular formula is C11H11Cl2NO. The van der Waals surface area contributed by atoms with Crippen molar-refractivity contribution in [1.82, 2.24) is 5.32 Å². The van der Waals surface area contributed by atoms with Crippen molar-refractivity contribution in [1.29, 1.82) is 0 Å². The molecule has 15 heavy (non-hydrogen) atoms. The summed E-state index contributed by atoms with van der Waals surface area (Å²) in [6.07, 6.45) is 2.12. The fourth-order valence-electron chi connectivity index (χ4n) is 1.31. The fraction of sp³-hybridized carbons (Fsp3) is 0.364. The Balaban J connectivity index is 2.26. The highest BCUT2D eigenvalue weighted by Crippen LogP contribution is 2.29. The normalized spacial score (nSPS) is 15.1. The van der Waals surface area contributed by atoms with Gasteiger partial charge in [0.05, 0.1) is 15.6 Å². The molecule has 0 aromatic heterocycles. The molecule has 0 atom stereocenters. The van der Waals surface area contributed by atoms with Crippen LogP contribution in [0.1, 0.15) is 28.8 Å². The van der Waals surface area contributed by atoms with Gasteiger partial charge in [-0.2, -0.15) is 0 Å². The Labute approximate surface area is 98.6 Å². The molecule has 1 N–H and O–H groups in total. The van der Waals surface area contributed by atoms with Gasteiger partial charge in [0.25, 0.3) is 5.91 Å². The standard InChI is InChI=1S/C11H11Cl2NO/c1-6-2-5-8(10(13)9(6)12)11(15)14-7-3-4-7/h2,5,7H,3-4H2,1H3,(H,14,15). The van der Waals surface area contributed by atoms with E-state index in [1.165, 1.54) is 0 Å². The van der Waals surface area contributed by atoms with E-state index in [9.17, 15) is 4.79 Å². The van der Waals surface area contributed by atoms with Crippen LogP contribution in [0.25, 0.3) is 0 Å². The summed E-state index contributed by atoms with van der Waals surface area (Å²) in [4.78, 5) is 11.7. The molecule has 4 heteroatoms. The van der Waals surface area contributed by atoms with E-state index in [2.05, 4.69) is 5.32 Å². The van der Waals surface area contributed by atoms with Gasteiger partial charge in [-0.25, -0.2) is 0 Å². The minimum atomic E-state index is -0.135. The van der Waals surface area contributed by atoms with Gasteiger partial charge in [0, 0.05) is 6.04 Å². The van der Waals surface area contributed by atoms with Crippen molar-refractivity contribution < 1.29 is 4.79 Å². The Kier molecular flexibility index (Phi) is 2.89. The highest BCUT2D eigenvalue weighted by Gasteiger charge is 2.25. The van der Waals surface area contributed by atoms with E-state index in [1.807, 2.05) is 6.92 Å². The molecular weight excluding hydrogens is 233 g/mol. The Morgan fingerprint density at radius 1 is 1.33 bits per heavy atom. The van der Waals surface area contributed by atoms with Crippen molar-refractivity contribution in [2.75, 3.05) is 0 Å². The summed E-state index contributed by atoms with van der Waals surface area (Å²) in [5.74, 6) is -0.135. The maximum Gasteiger partial charge on any atom is 0.253 e. The zero-order chi connectivity index (χ0) is 11.0. The van der Waals surface area contributed by atoms with E-state index in [0.717, 1.165) is 18.4 Å². The van der Waals surface area contributed by atoms with Crippen LogP contribution >= 0.6 is 23.2 Å². The first-order valence-corrected chi connectivity index (χ1v) is 5.60. The predicted molar refractivity (Wildman–Crippen MR) is 61.7 cm³/mol. The lowest BCUT2D eigenvalue weighted by Crippen LogP contribution is -2.25. The molecule has 2 nitrogen and oxygen atoms in total. The third-order valence-electron chi connectivity index (χ3n) is 2.43. The van der Waals surface area contributed by atoms with Gasteiger partial charge in [-0.15, -0.1) is 0 Å². The second-order valence-corrected chi connectivity index (χ2v) is 4.56. The van der Waals surface area contributed by atoms with E-state index < -0.39 is 0 Å². The molecule has 2 rings (SSSR count). The predicted octanol–water partition coefficient (Wildman–Crippen LogP) is 3.19. The number of rotatable bonds is 2. The fourth-order valence-corrected chi connectivity index (χ4v) is 1.77. The molecule has 1 fully saturated rings. The van der Waals surface area contributed by atoms with E-state index in [1.54, 1.807) is 12.1 Å². The van der Waals surface area contributed by atoms with Crippen molar-refractivity contribution in [3.05, 3.63) is 33.3 Å². The minimum Gasteiger partial charge on any atom is -0.349 e. The Morgan fingerprint density at radius 2 is 2.00 bits per heavy atom. The topological polar surface area (TPSA) is 29.1 Å². The summed E-state index contributed by atoms with van der Waals surface area (Å²) in [6.45, 7) is 1.86. The maximum atomic E-state index is 11.7. The second kappa shape index (κ2) is 4.03. The Bertz CT molecular complexity index is 413. The first-order valence-electron chi connectivity index (χ1n) is 4.85. The van der Waals surface area contributed by atoms with Crippen LogP contribution in [0, 0.1) is 6.92 Å². The Hall–Kier alpha value is -0.730. The molecule has 1 aromatic rings. The highest BCUT2D eigenvalue weighted by atomic mass is 35.5. The lowest BCUT2D eigenvalue weighted by atomic mass is 10.1. The van der Waals surface area contributed by atoms with Crippen LogP contribution in [0.15, 0.2) is 12.1 Å². The summed E-state index contributed by atoms with van der Waals surface area (Å²) in [5.41, 5.74) is 1.34. The quantitative estimate of drug-likeness (QED) is 0.850. The van der Waals surface area contributed by atoms with E-state index >= 15 is 0 Å². The summed E-state index contributed by atoms with van der Waals surface area (Å²) >= 11 is 12.0. The number of amides is 1. The molecule has 0 saturated heterocycles. The van der Waals surface area contributed by atoms with E-state index in [0.29, 0.717) is 21.7 Å². The van der Waals surface area contributed by atoms with Crippen molar-refractivity contribution >= 4 is 29.1 Å². The number of halogens is 2. The summed E-state index contributed by atoms with van der Waals surface area (Å²) in [5, 5.41) is 3.68. The molecule has 1 aromatic carbocycles. The lowest BCUT2D eigenvalue weighted by Gasteiger charge is -2.08. The van der Waals surface area contributed by atoms with Gasteiger partial charge in [-0.1, -0.05) is 29.3 Å². The van der Waals surface area contributed by atoms with Gasteiger partial charge < -0.3 is 5.32 Å². The number of benzene rings is 1. The SMILES string of the molecule is Cc1ccc(C(=O)NC2CC2)c(Cl)c1Cl. The minimum absolute atomic E-state index is 0.135. The van der Waals surface area contributed by atoms with Crippen LogP contribution < -0.4 is 5.32 Å². The van der Waals surface area contributed by atoms with Crippen LogP contribution in [-0.2, 0) is 0 Å². The van der Waals surface area contributed by atoms with Gasteiger partial charge in [-0.05, 0) is 31.4 Å². The van der Waals surface area contributed by atoms with Gasteiger partial charge in [0.2, 0.25) is 0 Å². The monoisotopic (exact) mass is 243 g/mol. The third-order valence-corrected chi connectivity index (χ3v) is 3.41. The molecule has 0 spiro atoms. The van der Waals surface area contributed by atoms with Crippen LogP contribution in [0.2, 0.25) is 10.0 Å². The number of hydrogen-bond donors (Lipinski definition) is 1. The zero-order valence-electron chi connectivity index (χ0n) is 8.31. The smallest absolute Gasteiger partial charge is 0.253 e. The van der Waals surface area contributed by atoms with Gasteiger partial charge in [0.15, 0.2) is 0 Å². The largest absolute Gasteiger partial charge is 0.349 e. The highest BCUT2D eigenvalue weighted by molar-refractivity contribution is 6.44. The van der Waals surface area contributed by atoms with Crippen LogP contribution in [0.4, 0.5) is 0 Å². The zero-order valence-corrected chi connectivity index (χ0v) is 9.82. The van der Waals surface area contributed by atoms with Crippen LogP contribution in [-0.4, -0.2) is 11.9 Å². The van der Waals surface area contributed by atoms with Crippen molar-refractivity contribution in [2.24, 2.45) is 0 Å². The third kappa shape index (κ3) is 2.27. The molecule has 1 aliphatic rings. The van der Waals surface area contributed by atoms with Crippen molar-refractivity contribution in [3.8, 4) is 0 Å². The molecule has 0 bridgehead atoms. The molecule has 1 saturated carbocycles. The molecule has 80 valence electrons. The lowest BCUT2D eigenvalue weighted by molar-refractivity contribution is 0.0951. The van der Waals surface area contributed by atoms with Crippen LogP contribution in [0.5, 0.6) is 0 Å². The number of hydrogen-bond acceptors (Lipinski definition) is 1. The number of carbonyl (C=O) groups is 1. The summed E-state index contributed by atoms with van der Waals surface area (Å²) in [6, 6.07) is 3.84. The average molecular weight is 244 g/mol. The second-order valence-electron chi connectivity index (χ2n) is 3.81. The molecule has 0 unspecified atom stereocenters. The van der Waals surface area contributed by atoms with Gasteiger partial charge in [-0.3, -0.25) is 4.79 Å². The Morgan fingerprint density at radius 3 is 2.60 bits per heavy atom. The summed E-state index contributed by atoms with van der Waals surface area (Å²) < 4.78 is 0.